The fraction of sp³-hybridized carbons (Fsp3) is 0.400. The van der Waals surface area contributed by atoms with Gasteiger partial charge in [-0.1, -0.05) is 30.3 Å². The number of likely N-dealkylation sites (tertiary alicyclic amines) is 1. The summed E-state index contributed by atoms with van der Waals surface area (Å²) in [4.78, 5) is 2.62. The zero-order valence-corrected chi connectivity index (χ0v) is 15.9. The molecule has 0 amide bonds. The van der Waals surface area contributed by atoms with E-state index >= 15 is 0 Å². The van der Waals surface area contributed by atoms with Crippen molar-refractivity contribution in [1.82, 2.24) is 9.62 Å². The molecule has 3 rings (SSSR count). The van der Waals surface area contributed by atoms with Crippen LogP contribution in [0.3, 0.4) is 0 Å². The largest absolute Gasteiger partial charge is 0.494 e. The minimum atomic E-state index is -3.56. The van der Waals surface area contributed by atoms with E-state index in [1.165, 1.54) is 0 Å². The molecule has 0 radical (unpaired) electrons. The molecule has 1 unspecified atom stereocenters. The van der Waals surface area contributed by atoms with E-state index in [-0.39, 0.29) is 10.9 Å². The summed E-state index contributed by atoms with van der Waals surface area (Å²) >= 11 is 0. The number of hydrogen-bond acceptors (Lipinski definition) is 4. The van der Waals surface area contributed by atoms with Gasteiger partial charge in [-0.2, -0.15) is 0 Å². The van der Waals surface area contributed by atoms with Crippen molar-refractivity contribution in [3.8, 4) is 5.75 Å². The zero-order chi connectivity index (χ0) is 18.4. The predicted molar refractivity (Wildman–Crippen MR) is 103 cm³/mol. The van der Waals surface area contributed by atoms with Crippen molar-refractivity contribution in [1.29, 1.82) is 0 Å². The summed E-state index contributed by atoms with van der Waals surface area (Å²) in [5.41, 5.74) is 1.14. The van der Waals surface area contributed by atoms with Crippen LogP contribution in [0.4, 0.5) is 0 Å². The quantitative estimate of drug-likeness (QED) is 0.771. The Balaban J connectivity index is 1.73. The smallest absolute Gasteiger partial charge is 0.240 e. The second-order valence-electron chi connectivity index (χ2n) is 6.43. The third-order valence-corrected chi connectivity index (χ3v) is 6.12. The molecule has 1 N–H and O–H groups in total. The molecule has 1 aliphatic rings. The minimum absolute atomic E-state index is 0.0520. The van der Waals surface area contributed by atoms with Crippen molar-refractivity contribution in [2.45, 2.75) is 30.7 Å². The highest BCUT2D eigenvalue weighted by Gasteiger charge is 2.25. The Bertz CT molecular complexity index is 786. The van der Waals surface area contributed by atoms with E-state index in [4.69, 9.17) is 4.74 Å². The van der Waals surface area contributed by atoms with Crippen LogP contribution in [-0.2, 0) is 10.0 Å². The lowest BCUT2D eigenvalue weighted by Crippen LogP contribution is -2.36. The van der Waals surface area contributed by atoms with Gasteiger partial charge in [-0.25, -0.2) is 13.1 Å². The fourth-order valence-electron chi connectivity index (χ4n) is 3.34. The van der Waals surface area contributed by atoms with Crippen LogP contribution in [0, 0.1) is 0 Å². The lowest BCUT2D eigenvalue weighted by Gasteiger charge is -2.28. The Morgan fingerprint density at radius 2 is 1.69 bits per heavy atom. The number of nitrogens with one attached hydrogen (secondary N) is 1. The van der Waals surface area contributed by atoms with Gasteiger partial charge in [-0.15, -0.1) is 0 Å². The molecule has 1 fully saturated rings. The normalized spacial score (nSPS) is 16.5. The molecule has 140 valence electrons. The molecule has 5 nitrogen and oxygen atoms in total. The van der Waals surface area contributed by atoms with E-state index in [0.717, 1.165) is 31.5 Å². The van der Waals surface area contributed by atoms with Crippen LogP contribution in [0.25, 0.3) is 0 Å². The number of nitrogens with zero attached hydrogens (tertiary/aromatic N) is 1. The molecule has 0 saturated carbocycles. The first-order chi connectivity index (χ1) is 12.6. The van der Waals surface area contributed by atoms with Gasteiger partial charge in [0.05, 0.1) is 11.5 Å². The van der Waals surface area contributed by atoms with Crippen LogP contribution in [0.15, 0.2) is 59.5 Å². The van der Waals surface area contributed by atoms with Gasteiger partial charge >= 0.3 is 0 Å². The van der Waals surface area contributed by atoms with E-state index in [1.807, 2.05) is 25.1 Å². The summed E-state index contributed by atoms with van der Waals surface area (Å²) < 4.78 is 33.5. The number of hydrogen-bond donors (Lipinski definition) is 1. The van der Waals surface area contributed by atoms with Gasteiger partial charge in [0.2, 0.25) is 10.0 Å². The maximum absolute atomic E-state index is 12.7. The molecule has 0 spiro atoms. The molecule has 1 atom stereocenters. The summed E-state index contributed by atoms with van der Waals surface area (Å²) in [6.45, 7) is 4.82. The SMILES string of the molecule is CCOc1ccc(S(=O)(=O)NCC(c2ccccc2)N2CCCC2)cc1. The average Bonchev–Trinajstić information content (AvgIpc) is 3.18. The molecular weight excluding hydrogens is 348 g/mol. The molecule has 1 aliphatic heterocycles. The molecule has 1 saturated heterocycles. The monoisotopic (exact) mass is 374 g/mol. The highest BCUT2D eigenvalue weighted by atomic mass is 32.2. The molecule has 0 aliphatic carbocycles. The van der Waals surface area contributed by atoms with Crippen LogP contribution in [0.2, 0.25) is 0 Å². The third-order valence-electron chi connectivity index (χ3n) is 4.68. The van der Waals surface area contributed by atoms with Gasteiger partial charge in [-0.3, -0.25) is 4.90 Å². The second kappa shape index (κ2) is 8.66. The van der Waals surface area contributed by atoms with E-state index in [2.05, 4.69) is 21.8 Å². The van der Waals surface area contributed by atoms with Crippen molar-refractivity contribution in [3.63, 3.8) is 0 Å². The Hall–Kier alpha value is -1.89. The topological polar surface area (TPSA) is 58.6 Å². The summed E-state index contributed by atoms with van der Waals surface area (Å²) in [6, 6.07) is 16.7. The van der Waals surface area contributed by atoms with E-state index < -0.39 is 10.0 Å². The van der Waals surface area contributed by atoms with Crippen molar-refractivity contribution < 1.29 is 13.2 Å². The maximum atomic E-state index is 12.7. The highest BCUT2D eigenvalue weighted by Crippen LogP contribution is 2.25. The molecule has 1 heterocycles. The average molecular weight is 375 g/mol. The highest BCUT2D eigenvalue weighted by molar-refractivity contribution is 7.89. The molecule has 6 heteroatoms. The molecule has 2 aromatic carbocycles. The second-order valence-corrected chi connectivity index (χ2v) is 8.19. The van der Waals surface area contributed by atoms with E-state index in [1.54, 1.807) is 24.3 Å². The van der Waals surface area contributed by atoms with Crippen molar-refractivity contribution >= 4 is 10.0 Å². The predicted octanol–water partition coefficient (Wildman–Crippen LogP) is 3.20. The van der Waals surface area contributed by atoms with Crippen LogP contribution in [0.1, 0.15) is 31.4 Å². The molecule has 2 aromatic rings. The van der Waals surface area contributed by atoms with Crippen molar-refractivity contribution in [3.05, 3.63) is 60.2 Å². The fourth-order valence-corrected chi connectivity index (χ4v) is 4.38. The summed E-state index contributed by atoms with van der Waals surface area (Å²) in [7, 11) is -3.56. The van der Waals surface area contributed by atoms with Crippen LogP contribution < -0.4 is 9.46 Å². The van der Waals surface area contributed by atoms with Gasteiger partial charge in [-0.05, 0) is 62.7 Å². The molecule has 0 aromatic heterocycles. The first-order valence-electron chi connectivity index (χ1n) is 9.11. The van der Waals surface area contributed by atoms with Gasteiger partial charge in [0, 0.05) is 12.6 Å². The molecule has 0 bridgehead atoms. The van der Waals surface area contributed by atoms with Crippen LogP contribution in [0.5, 0.6) is 5.75 Å². The van der Waals surface area contributed by atoms with Gasteiger partial charge in [0.15, 0.2) is 0 Å². The summed E-state index contributed by atoms with van der Waals surface area (Å²) in [6.07, 6.45) is 2.32. The molecule has 26 heavy (non-hydrogen) atoms. The zero-order valence-electron chi connectivity index (χ0n) is 15.1. The van der Waals surface area contributed by atoms with Crippen molar-refractivity contribution in [2.75, 3.05) is 26.2 Å². The Morgan fingerprint density at radius 3 is 2.31 bits per heavy atom. The Kier molecular flexibility index (Phi) is 6.29. The van der Waals surface area contributed by atoms with E-state index in [0.29, 0.717) is 18.9 Å². The number of rotatable bonds is 8. The third kappa shape index (κ3) is 4.63. The first-order valence-corrected chi connectivity index (χ1v) is 10.6. The first kappa shape index (κ1) is 18.9. The Morgan fingerprint density at radius 1 is 1.04 bits per heavy atom. The van der Waals surface area contributed by atoms with Gasteiger partial charge in [0.1, 0.15) is 5.75 Å². The standard InChI is InChI=1S/C20H26N2O3S/c1-2-25-18-10-12-19(13-11-18)26(23,24)21-16-20(22-14-6-7-15-22)17-8-4-3-5-9-17/h3-5,8-13,20-21H,2,6-7,14-16H2,1H3. The van der Waals surface area contributed by atoms with E-state index in [9.17, 15) is 8.42 Å². The molecular formula is C20H26N2O3S. The summed E-state index contributed by atoms with van der Waals surface area (Å²) in [5.74, 6) is 0.672. The number of benzene rings is 2. The minimum Gasteiger partial charge on any atom is -0.494 e. The Labute approximate surface area is 156 Å². The lowest BCUT2D eigenvalue weighted by molar-refractivity contribution is 0.246. The van der Waals surface area contributed by atoms with Crippen LogP contribution in [-0.4, -0.2) is 39.6 Å². The number of sulfonamides is 1. The van der Waals surface area contributed by atoms with Gasteiger partial charge < -0.3 is 4.74 Å². The number of ether oxygens (including phenoxy) is 1. The van der Waals surface area contributed by atoms with Crippen LogP contribution >= 0.6 is 0 Å². The maximum Gasteiger partial charge on any atom is 0.240 e. The lowest BCUT2D eigenvalue weighted by atomic mass is 10.1. The van der Waals surface area contributed by atoms with Gasteiger partial charge in [0.25, 0.3) is 0 Å². The van der Waals surface area contributed by atoms with Crippen molar-refractivity contribution in [2.24, 2.45) is 0 Å². The summed E-state index contributed by atoms with van der Waals surface area (Å²) in [5, 5.41) is 0.